The van der Waals surface area contributed by atoms with Crippen LogP contribution in [-0.2, 0) is 42.5 Å². The Morgan fingerprint density at radius 3 is 1.49 bits per heavy atom. The van der Waals surface area contributed by atoms with Gasteiger partial charge in [0.25, 0.3) is 5.91 Å². The van der Waals surface area contributed by atoms with Crippen LogP contribution >= 0.6 is 22.7 Å². The smallest absolute Gasteiger partial charge is 0.335 e. The molecule has 0 aliphatic rings. The number of amides is 1. The maximum Gasteiger partial charge on any atom is 0.335 e. The minimum atomic E-state index is -3.91. The summed E-state index contributed by atoms with van der Waals surface area (Å²) in [7, 11) is -7.73. The Kier molecular flexibility index (Phi) is 15.7. The van der Waals surface area contributed by atoms with Gasteiger partial charge >= 0.3 is 5.97 Å². The van der Waals surface area contributed by atoms with E-state index in [1.807, 2.05) is 71.4 Å². The Hall–Kier alpha value is -5.80. The van der Waals surface area contributed by atoms with Crippen molar-refractivity contribution in [1.82, 2.24) is 15.3 Å². The lowest BCUT2D eigenvalue weighted by molar-refractivity contribution is -0.118. The van der Waals surface area contributed by atoms with Gasteiger partial charge in [0.2, 0.25) is 20.0 Å². The first kappa shape index (κ1) is 43.9. The van der Waals surface area contributed by atoms with E-state index >= 15 is 0 Å². The van der Waals surface area contributed by atoms with Crippen LogP contribution in [0.3, 0.4) is 0 Å². The van der Waals surface area contributed by atoms with E-state index < -0.39 is 31.9 Å². The molecule has 0 fully saturated rings. The van der Waals surface area contributed by atoms with Gasteiger partial charge in [-0.2, -0.15) is 0 Å². The van der Waals surface area contributed by atoms with Crippen LogP contribution in [0.25, 0.3) is 22.5 Å². The standard InChI is InChI=1S/C19H17N3O4S2.C12H12N2OS.C7H7NO4S/c20-28(25,26)16-8-4-7-14(9-16)19(24)21-11-15(23)10-18-22-17(12-27-18)13-5-2-1-3-6-13;13-7-10(15)6-12-14-11(8-16-12)9-4-2-1-3-5-9;8-13(11,12)6-3-1-2-5(4-6)7(9)10/h1-9,12H,10-11H2,(H,21,24)(H2,20,25,26);1-5,8H,6-7,13H2;1-4H,(H,9,10)(H2,8,11,12). The fraction of sp³-hybridized carbons (Fsp3) is 0.105. The molecular weight excluding hydrogens is 813 g/mol. The molecule has 6 aromatic rings. The maximum atomic E-state index is 12.2. The van der Waals surface area contributed by atoms with Gasteiger partial charge in [-0.15, -0.1) is 22.7 Å². The molecule has 2 aromatic heterocycles. The molecule has 2 heterocycles. The molecule has 0 atom stereocenters. The van der Waals surface area contributed by atoms with Crippen LogP contribution < -0.4 is 21.3 Å². The second-order valence-corrected chi connectivity index (χ2v) is 16.8. The zero-order valence-corrected chi connectivity index (χ0v) is 33.1. The molecule has 0 spiro atoms. The molecule has 0 aliphatic heterocycles. The first-order chi connectivity index (χ1) is 27.0. The Balaban J connectivity index is 0.000000209. The van der Waals surface area contributed by atoms with E-state index in [1.54, 1.807) is 0 Å². The third-order valence-corrected chi connectivity index (χ3v) is 11.0. The van der Waals surface area contributed by atoms with Gasteiger partial charge in [-0.3, -0.25) is 14.4 Å². The minimum absolute atomic E-state index is 0.0222. The van der Waals surface area contributed by atoms with Gasteiger partial charge in [0, 0.05) is 27.5 Å². The molecule has 0 bridgehead atoms. The molecule has 15 nitrogen and oxygen atoms in total. The number of nitrogens with one attached hydrogen (secondary N) is 1. The predicted octanol–water partition coefficient (Wildman–Crippen LogP) is 3.91. The van der Waals surface area contributed by atoms with Crippen LogP contribution in [-0.4, -0.2) is 68.4 Å². The number of sulfonamides is 2. The number of rotatable bonds is 13. The lowest BCUT2D eigenvalue weighted by Gasteiger charge is -2.05. The van der Waals surface area contributed by atoms with Gasteiger partial charge in [-0.1, -0.05) is 72.8 Å². The van der Waals surface area contributed by atoms with Crippen LogP contribution in [0.1, 0.15) is 30.7 Å². The normalized spacial score (nSPS) is 10.9. The number of ketones is 2. The van der Waals surface area contributed by atoms with Crippen LogP contribution in [0.4, 0.5) is 0 Å². The second-order valence-electron chi connectivity index (χ2n) is 11.8. The predicted molar refractivity (Wildman–Crippen MR) is 216 cm³/mol. The highest BCUT2D eigenvalue weighted by atomic mass is 32.2. The Bertz CT molecular complexity index is 2560. The molecule has 4 aromatic carbocycles. The summed E-state index contributed by atoms with van der Waals surface area (Å²) in [5.41, 5.74) is 9.04. The van der Waals surface area contributed by atoms with E-state index in [0.717, 1.165) is 33.6 Å². The van der Waals surface area contributed by atoms with Crippen molar-refractivity contribution in [2.24, 2.45) is 16.0 Å². The Morgan fingerprint density at radius 2 is 1.05 bits per heavy atom. The van der Waals surface area contributed by atoms with Gasteiger partial charge in [-0.05, 0) is 36.4 Å². The van der Waals surface area contributed by atoms with Gasteiger partial charge in [0.15, 0.2) is 11.6 Å². The molecule has 57 heavy (non-hydrogen) atoms. The summed E-state index contributed by atoms with van der Waals surface area (Å²) in [6.45, 7) is -0.0983. The highest BCUT2D eigenvalue weighted by Gasteiger charge is 2.15. The summed E-state index contributed by atoms with van der Waals surface area (Å²) in [4.78, 5) is 54.4. The average Bonchev–Trinajstić information content (AvgIpc) is 3.87. The van der Waals surface area contributed by atoms with Crippen molar-refractivity contribution in [1.29, 1.82) is 0 Å². The number of hydrogen-bond acceptors (Lipinski definition) is 13. The molecule has 296 valence electrons. The molecule has 0 saturated carbocycles. The molecule has 0 saturated heterocycles. The summed E-state index contributed by atoms with van der Waals surface area (Å²) in [5, 5.41) is 26.2. The summed E-state index contributed by atoms with van der Waals surface area (Å²) in [6, 6.07) is 29.7. The highest BCUT2D eigenvalue weighted by Crippen LogP contribution is 2.23. The fourth-order valence-corrected chi connectivity index (χ4v) is 7.42. The van der Waals surface area contributed by atoms with Crippen LogP contribution in [0.15, 0.2) is 130 Å². The number of hydrogen-bond donors (Lipinski definition) is 5. The Morgan fingerprint density at radius 1 is 0.614 bits per heavy atom. The van der Waals surface area contributed by atoms with Crippen molar-refractivity contribution in [3.8, 4) is 22.5 Å². The molecule has 6 rings (SSSR count). The summed E-state index contributed by atoms with van der Waals surface area (Å²) >= 11 is 2.88. The van der Waals surface area contributed by atoms with E-state index in [1.165, 1.54) is 65.1 Å². The van der Waals surface area contributed by atoms with Crippen LogP contribution in [0, 0.1) is 0 Å². The number of aromatic nitrogens is 2. The summed E-state index contributed by atoms with van der Waals surface area (Å²) < 4.78 is 44.3. The van der Waals surface area contributed by atoms with Gasteiger partial charge in [0.05, 0.1) is 52.7 Å². The fourth-order valence-electron chi connectivity index (χ4n) is 4.64. The number of primary sulfonamides is 2. The number of carbonyl (C=O) groups is 4. The van der Waals surface area contributed by atoms with Crippen molar-refractivity contribution < 1.29 is 41.1 Å². The molecule has 0 radical (unpaired) electrons. The van der Waals surface area contributed by atoms with Crippen molar-refractivity contribution in [3.63, 3.8) is 0 Å². The number of carboxylic acids is 1. The van der Waals surface area contributed by atoms with Crippen LogP contribution in [0.2, 0.25) is 0 Å². The summed E-state index contributed by atoms with van der Waals surface area (Å²) in [6.07, 6.45) is 0.447. The number of carboxylic acid groups (broad SMARTS) is 1. The highest BCUT2D eigenvalue weighted by molar-refractivity contribution is 7.89. The lowest BCUT2D eigenvalue weighted by Crippen LogP contribution is -2.30. The second kappa shape index (κ2) is 20.4. The number of nitrogens with zero attached hydrogens (tertiary/aromatic N) is 2. The number of benzene rings is 4. The molecular formula is C38H36N6O9S4. The van der Waals surface area contributed by atoms with Gasteiger partial charge in [0.1, 0.15) is 10.0 Å². The van der Waals surface area contributed by atoms with Crippen LogP contribution in [0.5, 0.6) is 0 Å². The molecule has 0 aliphatic carbocycles. The third kappa shape index (κ3) is 14.0. The topological polar surface area (TPSA) is 273 Å². The zero-order chi connectivity index (χ0) is 41.6. The molecule has 0 unspecified atom stereocenters. The first-order valence-electron chi connectivity index (χ1n) is 16.5. The quantitative estimate of drug-likeness (QED) is 0.111. The monoisotopic (exact) mass is 848 g/mol. The average molecular weight is 849 g/mol. The maximum absolute atomic E-state index is 12.2. The molecule has 19 heteroatoms. The van der Waals surface area contributed by atoms with Crippen molar-refractivity contribution in [2.75, 3.05) is 13.1 Å². The third-order valence-electron chi connectivity index (χ3n) is 7.45. The minimum Gasteiger partial charge on any atom is -0.478 e. The number of aromatic carboxylic acids is 1. The van der Waals surface area contributed by atoms with E-state index in [-0.39, 0.29) is 52.0 Å². The number of carbonyl (C=O) groups excluding carboxylic acids is 3. The van der Waals surface area contributed by atoms with Crippen molar-refractivity contribution in [3.05, 3.63) is 141 Å². The number of nitrogens with two attached hydrogens (primary N) is 3. The molecule has 1 amide bonds. The van der Waals surface area contributed by atoms with Gasteiger partial charge in [-0.25, -0.2) is 41.9 Å². The number of Topliss-reactive ketones (excluding diaryl/α,β-unsaturated/α-hetero) is 2. The SMILES string of the molecule is NCC(=O)Cc1nc(-c2ccccc2)cs1.NS(=O)(=O)c1cccc(C(=O)NCC(=O)Cc2nc(-c3ccccc3)cs2)c1.NS(=O)(=O)c1cccc(C(=O)O)c1. The van der Waals surface area contributed by atoms with Gasteiger partial charge < -0.3 is 16.2 Å². The first-order valence-corrected chi connectivity index (χ1v) is 21.4. The van der Waals surface area contributed by atoms with Crippen molar-refractivity contribution in [2.45, 2.75) is 22.6 Å². The van der Waals surface area contributed by atoms with E-state index in [9.17, 15) is 36.0 Å². The number of thiazole rings is 2. The van der Waals surface area contributed by atoms with E-state index in [0.29, 0.717) is 11.4 Å². The van der Waals surface area contributed by atoms with E-state index in [2.05, 4.69) is 15.3 Å². The Labute approximate surface area is 336 Å². The molecule has 8 N–H and O–H groups in total. The summed E-state index contributed by atoms with van der Waals surface area (Å²) in [5.74, 6) is -1.92. The van der Waals surface area contributed by atoms with E-state index in [4.69, 9.17) is 21.1 Å². The largest absolute Gasteiger partial charge is 0.478 e. The van der Waals surface area contributed by atoms with Crippen molar-refractivity contribution >= 4 is 66.2 Å². The zero-order valence-electron chi connectivity index (χ0n) is 29.8. The lowest BCUT2D eigenvalue weighted by atomic mass is 10.2.